The number of amides is 3. The second-order valence-electron chi connectivity index (χ2n) is 7.60. The fraction of sp³-hybridized carbons (Fsp3) is 0.889. The molecule has 2 heterocycles. The maximum Gasteiger partial charge on any atom is 0.389 e. The first kappa shape index (κ1) is 20.8. The Morgan fingerprint density at radius 2 is 1.88 bits per heavy atom. The Labute approximate surface area is 153 Å². The highest BCUT2D eigenvalue weighted by Gasteiger charge is 2.33. The Bertz CT molecular complexity index is 499. The highest BCUT2D eigenvalue weighted by Crippen LogP contribution is 2.25. The van der Waals surface area contributed by atoms with Crippen molar-refractivity contribution in [2.24, 2.45) is 5.92 Å². The van der Waals surface area contributed by atoms with E-state index in [0.29, 0.717) is 25.4 Å². The zero-order chi connectivity index (χ0) is 19.3. The lowest BCUT2D eigenvalue weighted by Gasteiger charge is -2.40. The van der Waals surface area contributed by atoms with Gasteiger partial charge in [-0.25, -0.2) is 4.79 Å². The number of hydrogen-bond acceptors (Lipinski definition) is 2. The van der Waals surface area contributed by atoms with E-state index in [4.69, 9.17) is 0 Å². The fourth-order valence-corrected chi connectivity index (χ4v) is 3.78. The zero-order valence-electron chi connectivity index (χ0n) is 15.6. The van der Waals surface area contributed by atoms with E-state index in [1.54, 1.807) is 0 Å². The van der Waals surface area contributed by atoms with Crippen LogP contribution in [0.2, 0.25) is 0 Å². The van der Waals surface area contributed by atoms with Gasteiger partial charge in [-0.05, 0) is 38.5 Å². The molecule has 8 heteroatoms. The number of nitrogens with one attached hydrogen (secondary N) is 1. The topological polar surface area (TPSA) is 52.7 Å². The average Bonchev–Trinajstić information content (AvgIpc) is 2.59. The van der Waals surface area contributed by atoms with Crippen molar-refractivity contribution in [3.63, 3.8) is 0 Å². The minimum Gasteiger partial charge on any atom is -0.341 e. The van der Waals surface area contributed by atoms with Crippen LogP contribution in [0.3, 0.4) is 0 Å². The number of urea groups is 1. The Balaban J connectivity index is 1.85. The van der Waals surface area contributed by atoms with Crippen LogP contribution in [0.5, 0.6) is 0 Å². The van der Waals surface area contributed by atoms with Crippen LogP contribution >= 0.6 is 0 Å². The highest BCUT2D eigenvalue weighted by atomic mass is 19.4. The van der Waals surface area contributed by atoms with Gasteiger partial charge in [0.1, 0.15) is 0 Å². The third kappa shape index (κ3) is 6.06. The van der Waals surface area contributed by atoms with Gasteiger partial charge < -0.3 is 15.1 Å². The van der Waals surface area contributed by atoms with Crippen molar-refractivity contribution in [1.82, 2.24) is 15.1 Å². The Morgan fingerprint density at radius 1 is 1.15 bits per heavy atom. The summed E-state index contributed by atoms with van der Waals surface area (Å²) in [6, 6.07) is -0.128. The second-order valence-corrected chi connectivity index (χ2v) is 7.60. The van der Waals surface area contributed by atoms with Gasteiger partial charge in [0.25, 0.3) is 0 Å². The van der Waals surface area contributed by atoms with Gasteiger partial charge in [-0.2, -0.15) is 13.2 Å². The fourth-order valence-electron chi connectivity index (χ4n) is 3.78. The molecular weight excluding hydrogens is 347 g/mol. The maximum atomic E-state index is 12.6. The molecule has 0 radical (unpaired) electrons. The Morgan fingerprint density at radius 3 is 2.54 bits per heavy atom. The molecule has 0 saturated carbocycles. The first-order valence-corrected chi connectivity index (χ1v) is 9.61. The number of carbonyl (C=O) groups is 2. The quantitative estimate of drug-likeness (QED) is 0.815. The Kier molecular flexibility index (Phi) is 7.17. The average molecular weight is 377 g/mol. The molecule has 0 spiro atoms. The molecule has 2 rings (SSSR count). The number of likely N-dealkylation sites (tertiary alicyclic amines) is 2. The van der Waals surface area contributed by atoms with Gasteiger partial charge in [-0.3, -0.25) is 4.79 Å². The predicted molar refractivity (Wildman–Crippen MR) is 92.6 cm³/mol. The number of rotatable bonds is 4. The maximum absolute atomic E-state index is 12.6. The molecule has 2 aliphatic heterocycles. The largest absolute Gasteiger partial charge is 0.389 e. The number of alkyl halides is 3. The molecule has 0 aromatic rings. The summed E-state index contributed by atoms with van der Waals surface area (Å²) in [5.74, 6) is 0.0300. The van der Waals surface area contributed by atoms with Crippen molar-refractivity contribution in [2.45, 2.75) is 77.1 Å². The van der Waals surface area contributed by atoms with Crippen LogP contribution < -0.4 is 5.32 Å². The van der Waals surface area contributed by atoms with E-state index in [9.17, 15) is 22.8 Å². The summed E-state index contributed by atoms with van der Waals surface area (Å²) in [5.41, 5.74) is 0. The first-order valence-electron chi connectivity index (χ1n) is 9.61. The molecule has 0 unspecified atom stereocenters. The number of piperidine rings is 2. The second kappa shape index (κ2) is 8.95. The normalized spacial score (nSPS) is 27.3. The van der Waals surface area contributed by atoms with E-state index >= 15 is 0 Å². The molecule has 0 bridgehead atoms. The molecule has 0 aromatic carbocycles. The van der Waals surface area contributed by atoms with Gasteiger partial charge in [0, 0.05) is 38.1 Å². The van der Waals surface area contributed by atoms with Crippen molar-refractivity contribution in [3.05, 3.63) is 0 Å². The SMILES string of the molecule is CC[C@@H]1CC[C@@H](C)N(C(=O)N[C@@H]2CCCN(C(=O)CCC(F)(F)F)C2)C1. The van der Waals surface area contributed by atoms with Gasteiger partial charge in [-0.1, -0.05) is 13.3 Å². The standard InChI is InChI=1S/C18H30F3N3O2/c1-3-14-7-6-13(2)24(11-14)17(26)22-15-5-4-10-23(12-15)16(25)8-9-18(19,20)21/h13-15H,3-12H2,1-2H3,(H,22,26)/t13-,14-,15-/m1/s1. The van der Waals surface area contributed by atoms with Gasteiger partial charge in [0.2, 0.25) is 5.91 Å². The van der Waals surface area contributed by atoms with Gasteiger partial charge >= 0.3 is 12.2 Å². The van der Waals surface area contributed by atoms with Crippen molar-refractivity contribution in [3.8, 4) is 0 Å². The molecular formula is C18H30F3N3O2. The molecule has 5 nitrogen and oxygen atoms in total. The van der Waals surface area contributed by atoms with E-state index in [1.807, 2.05) is 11.8 Å². The van der Waals surface area contributed by atoms with Gasteiger partial charge in [0.15, 0.2) is 0 Å². The summed E-state index contributed by atoms with van der Waals surface area (Å²) in [7, 11) is 0. The van der Waals surface area contributed by atoms with E-state index in [-0.39, 0.29) is 18.1 Å². The van der Waals surface area contributed by atoms with Crippen LogP contribution in [-0.4, -0.2) is 59.6 Å². The summed E-state index contributed by atoms with van der Waals surface area (Å²) in [6.45, 7) is 5.66. The predicted octanol–water partition coefficient (Wildman–Crippen LogP) is 3.54. The summed E-state index contributed by atoms with van der Waals surface area (Å²) < 4.78 is 36.9. The lowest BCUT2D eigenvalue weighted by atomic mass is 9.92. The molecule has 150 valence electrons. The minimum atomic E-state index is -4.32. The van der Waals surface area contributed by atoms with Gasteiger partial charge in [0.05, 0.1) is 6.42 Å². The van der Waals surface area contributed by atoms with Crippen LogP contribution in [0, 0.1) is 5.92 Å². The summed E-state index contributed by atoms with van der Waals surface area (Å²) in [4.78, 5) is 28.0. The van der Waals surface area contributed by atoms with E-state index in [0.717, 1.165) is 32.2 Å². The molecule has 0 aliphatic carbocycles. The van der Waals surface area contributed by atoms with Crippen LogP contribution in [-0.2, 0) is 4.79 Å². The lowest BCUT2D eigenvalue weighted by molar-refractivity contribution is -0.149. The van der Waals surface area contributed by atoms with Crippen LogP contribution in [0.25, 0.3) is 0 Å². The number of hydrogen-bond donors (Lipinski definition) is 1. The lowest BCUT2D eigenvalue weighted by Crippen LogP contribution is -2.56. The van der Waals surface area contributed by atoms with E-state index < -0.39 is 24.9 Å². The first-order chi connectivity index (χ1) is 12.2. The third-order valence-electron chi connectivity index (χ3n) is 5.54. The van der Waals surface area contributed by atoms with Crippen LogP contribution in [0.1, 0.15) is 58.8 Å². The van der Waals surface area contributed by atoms with Crippen molar-refractivity contribution < 1.29 is 22.8 Å². The van der Waals surface area contributed by atoms with Crippen molar-refractivity contribution >= 4 is 11.9 Å². The number of carbonyl (C=O) groups excluding carboxylic acids is 2. The molecule has 2 aliphatic rings. The molecule has 26 heavy (non-hydrogen) atoms. The zero-order valence-corrected chi connectivity index (χ0v) is 15.6. The molecule has 0 aromatic heterocycles. The number of nitrogens with zero attached hydrogens (tertiary/aromatic N) is 2. The van der Waals surface area contributed by atoms with E-state index in [1.165, 1.54) is 4.90 Å². The smallest absolute Gasteiger partial charge is 0.341 e. The van der Waals surface area contributed by atoms with Crippen molar-refractivity contribution in [1.29, 1.82) is 0 Å². The van der Waals surface area contributed by atoms with Crippen LogP contribution in [0.4, 0.5) is 18.0 Å². The third-order valence-corrected chi connectivity index (χ3v) is 5.54. The highest BCUT2D eigenvalue weighted by molar-refractivity contribution is 5.77. The summed E-state index contributed by atoms with van der Waals surface area (Å²) >= 11 is 0. The molecule has 2 saturated heterocycles. The van der Waals surface area contributed by atoms with E-state index in [2.05, 4.69) is 12.2 Å². The summed E-state index contributed by atoms with van der Waals surface area (Å²) in [6.07, 6.45) is -1.34. The minimum absolute atomic E-state index is 0.120. The Hall–Kier alpha value is -1.47. The molecule has 3 amide bonds. The van der Waals surface area contributed by atoms with Gasteiger partial charge in [-0.15, -0.1) is 0 Å². The number of halogens is 3. The summed E-state index contributed by atoms with van der Waals surface area (Å²) in [5, 5.41) is 2.99. The molecule has 1 N–H and O–H groups in total. The molecule has 2 fully saturated rings. The van der Waals surface area contributed by atoms with Crippen LogP contribution in [0.15, 0.2) is 0 Å². The van der Waals surface area contributed by atoms with Crippen molar-refractivity contribution in [2.75, 3.05) is 19.6 Å². The monoisotopic (exact) mass is 377 g/mol. The molecule has 3 atom stereocenters.